The molecule has 142 valence electrons. The van der Waals surface area contributed by atoms with E-state index in [1.807, 2.05) is 30.3 Å². The van der Waals surface area contributed by atoms with Crippen molar-refractivity contribution in [1.82, 2.24) is 10.2 Å². The van der Waals surface area contributed by atoms with Gasteiger partial charge in [-0.15, -0.1) is 10.2 Å². The number of hydrogen-bond acceptors (Lipinski definition) is 6. The molecule has 2 amide bonds. The maximum atomic E-state index is 12.6. The van der Waals surface area contributed by atoms with Gasteiger partial charge in [0.1, 0.15) is 5.51 Å². The predicted molar refractivity (Wildman–Crippen MR) is 111 cm³/mol. The Balaban J connectivity index is 1.38. The van der Waals surface area contributed by atoms with Crippen molar-refractivity contribution in [3.63, 3.8) is 0 Å². The fourth-order valence-corrected chi connectivity index (χ4v) is 4.57. The molecular weight excluding hydrogens is 416 g/mol. The van der Waals surface area contributed by atoms with Crippen molar-refractivity contribution in [2.24, 2.45) is 5.92 Å². The summed E-state index contributed by atoms with van der Waals surface area (Å²) < 4.78 is 0.863. The molecule has 1 aliphatic heterocycles. The van der Waals surface area contributed by atoms with E-state index >= 15 is 0 Å². The van der Waals surface area contributed by atoms with Crippen molar-refractivity contribution in [3.05, 3.63) is 59.1 Å². The number of nitrogens with zero attached hydrogens (tertiary/aromatic N) is 3. The van der Waals surface area contributed by atoms with E-state index < -0.39 is 5.92 Å². The van der Waals surface area contributed by atoms with E-state index in [9.17, 15) is 9.59 Å². The Hall–Kier alpha value is -2.42. The Kier molecular flexibility index (Phi) is 5.61. The number of carbonyl (C=O) groups is 2. The van der Waals surface area contributed by atoms with Gasteiger partial charge in [-0.2, -0.15) is 0 Å². The number of rotatable bonds is 5. The van der Waals surface area contributed by atoms with Gasteiger partial charge in [-0.25, -0.2) is 0 Å². The zero-order valence-electron chi connectivity index (χ0n) is 14.5. The molecule has 9 heteroatoms. The van der Waals surface area contributed by atoms with Crippen molar-refractivity contribution in [2.45, 2.75) is 15.7 Å². The lowest BCUT2D eigenvalue weighted by atomic mass is 10.1. The number of halogens is 1. The van der Waals surface area contributed by atoms with E-state index in [0.29, 0.717) is 22.9 Å². The molecule has 2 heterocycles. The number of aromatic nitrogens is 2. The molecule has 0 spiro atoms. The topological polar surface area (TPSA) is 75.2 Å². The summed E-state index contributed by atoms with van der Waals surface area (Å²) in [4.78, 5) is 27.6. The molecule has 0 radical (unpaired) electrons. The first-order valence-electron chi connectivity index (χ1n) is 8.49. The Bertz CT molecular complexity index is 995. The molecule has 3 aromatic rings. The van der Waals surface area contributed by atoms with Gasteiger partial charge in [0.05, 0.1) is 5.92 Å². The number of amides is 2. The smallest absolute Gasteiger partial charge is 0.229 e. The molecule has 0 aliphatic carbocycles. The highest BCUT2D eigenvalue weighted by atomic mass is 35.5. The van der Waals surface area contributed by atoms with Gasteiger partial charge in [-0.3, -0.25) is 9.59 Å². The Morgan fingerprint density at radius 1 is 1.25 bits per heavy atom. The molecule has 1 unspecified atom stereocenters. The van der Waals surface area contributed by atoms with Crippen LogP contribution in [0.25, 0.3) is 0 Å². The molecule has 1 N–H and O–H groups in total. The third-order valence-electron chi connectivity index (χ3n) is 4.28. The molecule has 1 aliphatic rings. The lowest BCUT2D eigenvalue weighted by Gasteiger charge is -2.17. The van der Waals surface area contributed by atoms with Crippen LogP contribution in [0.3, 0.4) is 0 Å². The summed E-state index contributed by atoms with van der Waals surface area (Å²) in [7, 11) is 0. The Morgan fingerprint density at radius 3 is 2.79 bits per heavy atom. The highest BCUT2D eigenvalue weighted by molar-refractivity contribution is 8.01. The summed E-state index contributed by atoms with van der Waals surface area (Å²) >= 11 is 9.00. The fraction of sp³-hybridized carbons (Fsp3) is 0.158. The van der Waals surface area contributed by atoms with Crippen LogP contribution < -0.4 is 10.2 Å². The van der Waals surface area contributed by atoms with Gasteiger partial charge in [0.15, 0.2) is 4.34 Å². The maximum absolute atomic E-state index is 12.6. The van der Waals surface area contributed by atoms with E-state index in [4.69, 9.17) is 11.6 Å². The molecule has 1 aromatic heterocycles. The second-order valence-electron chi connectivity index (χ2n) is 6.21. The lowest BCUT2D eigenvalue weighted by Crippen LogP contribution is -2.28. The van der Waals surface area contributed by atoms with Crippen LogP contribution in [0.2, 0.25) is 5.02 Å². The van der Waals surface area contributed by atoms with Crippen LogP contribution in [0.15, 0.2) is 63.3 Å². The monoisotopic (exact) mass is 430 g/mol. The Morgan fingerprint density at radius 2 is 2.07 bits per heavy atom. The molecule has 4 rings (SSSR count). The second kappa shape index (κ2) is 8.30. The zero-order valence-corrected chi connectivity index (χ0v) is 16.9. The number of benzene rings is 2. The summed E-state index contributed by atoms with van der Waals surface area (Å²) in [6, 6.07) is 14.6. The highest BCUT2D eigenvalue weighted by Crippen LogP contribution is 2.30. The zero-order chi connectivity index (χ0) is 19.5. The van der Waals surface area contributed by atoms with Crippen LogP contribution in [-0.4, -0.2) is 28.6 Å². The van der Waals surface area contributed by atoms with Gasteiger partial charge in [0.2, 0.25) is 11.8 Å². The van der Waals surface area contributed by atoms with Crippen LogP contribution in [0, 0.1) is 5.92 Å². The van der Waals surface area contributed by atoms with Gasteiger partial charge < -0.3 is 10.2 Å². The van der Waals surface area contributed by atoms with Crippen molar-refractivity contribution >= 4 is 57.9 Å². The largest absolute Gasteiger partial charge is 0.326 e. The maximum Gasteiger partial charge on any atom is 0.229 e. The number of carbonyl (C=O) groups excluding carboxylic acids is 2. The minimum atomic E-state index is -0.401. The van der Waals surface area contributed by atoms with Crippen LogP contribution >= 0.6 is 34.7 Å². The quantitative estimate of drug-likeness (QED) is 0.651. The average Bonchev–Trinajstić information content (AvgIpc) is 3.33. The third kappa shape index (κ3) is 4.35. The molecule has 1 fully saturated rings. The van der Waals surface area contributed by atoms with Gasteiger partial charge in [0, 0.05) is 34.3 Å². The van der Waals surface area contributed by atoms with Gasteiger partial charge in [-0.1, -0.05) is 40.8 Å². The van der Waals surface area contributed by atoms with Gasteiger partial charge >= 0.3 is 0 Å². The normalized spacial score (nSPS) is 16.4. The van der Waals surface area contributed by atoms with Crippen molar-refractivity contribution < 1.29 is 9.59 Å². The van der Waals surface area contributed by atoms with Gasteiger partial charge in [0.25, 0.3) is 0 Å². The molecule has 6 nitrogen and oxygen atoms in total. The van der Waals surface area contributed by atoms with E-state index in [1.54, 1.807) is 28.6 Å². The SMILES string of the molecule is O=C(Nc1ccc(Sc2nncs2)cc1)C1CC(=O)N(c2cccc(Cl)c2)C1. The van der Waals surface area contributed by atoms with E-state index in [0.717, 1.165) is 9.24 Å². The van der Waals surface area contributed by atoms with Gasteiger partial charge in [-0.05, 0) is 42.5 Å². The minimum Gasteiger partial charge on any atom is -0.326 e. The van der Waals surface area contributed by atoms with Crippen LogP contribution in [0.5, 0.6) is 0 Å². The van der Waals surface area contributed by atoms with Crippen molar-refractivity contribution in [2.75, 3.05) is 16.8 Å². The minimum absolute atomic E-state index is 0.0776. The van der Waals surface area contributed by atoms with E-state index in [1.165, 1.54) is 23.1 Å². The van der Waals surface area contributed by atoms with E-state index in [-0.39, 0.29) is 18.2 Å². The lowest BCUT2D eigenvalue weighted by molar-refractivity contribution is -0.122. The predicted octanol–water partition coefficient (Wildman–Crippen LogP) is 4.33. The van der Waals surface area contributed by atoms with Crippen LogP contribution in [0.4, 0.5) is 11.4 Å². The molecule has 2 aromatic carbocycles. The third-order valence-corrected chi connectivity index (χ3v) is 6.30. The molecule has 1 atom stereocenters. The first-order valence-corrected chi connectivity index (χ1v) is 10.6. The van der Waals surface area contributed by atoms with Crippen molar-refractivity contribution in [1.29, 1.82) is 0 Å². The Labute approximate surface area is 174 Å². The summed E-state index contributed by atoms with van der Waals surface area (Å²) in [6.45, 7) is 0.343. The molecule has 1 saturated heterocycles. The van der Waals surface area contributed by atoms with E-state index in [2.05, 4.69) is 15.5 Å². The summed E-state index contributed by atoms with van der Waals surface area (Å²) in [5.41, 5.74) is 3.10. The van der Waals surface area contributed by atoms with Crippen LogP contribution in [0.1, 0.15) is 6.42 Å². The van der Waals surface area contributed by atoms with Crippen molar-refractivity contribution in [3.8, 4) is 0 Å². The molecule has 0 saturated carbocycles. The standard InChI is InChI=1S/C19H15ClN4O2S2/c20-13-2-1-3-15(9-13)24-10-12(8-17(24)25)18(26)22-14-4-6-16(7-5-14)28-19-23-21-11-27-19/h1-7,9,11-12H,8,10H2,(H,22,26). The number of anilines is 2. The molecular formula is C19H15ClN4O2S2. The first-order chi connectivity index (χ1) is 13.6. The number of nitrogens with one attached hydrogen (secondary N) is 1. The first kappa shape index (κ1) is 18.9. The highest BCUT2D eigenvalue weighted by Gasteiger charge is 2.35. The molecule has 0 bridgehead atoms. The fourth-order valence-electron chi connectivity index (χ4n) is 2.94. The summed E-state index contributed by atoms with van der Waals surface area (Å²) in [5.74, 6) is -0.643. The number of hydrogen-bond donors (Lipinski definition) is 1. The summed E-state index contributed by atoms with van der Waals surface area (Å²) in [6.07, 6.45) is 0.184. The molecule has 28 heavy (non-hydrogen) atoms. The van der Waals surface area contributed by atoms with Crippen LogP contribution in [-0.2, 0) is 9.59 Å². The average molecular weight is 431 g/mol. The second-order valence-corrected chi connectivity index (χ2v) is 8.80. The summed E-state index contributed by atoms with van der Waals surface area (Å²) in [5, 5.41) is 11.3.